The Balaban J connectivity index is 2.85. The van der Waals surface area contributed by atoms with E-state index in [0.717, 1.165) is 15.5 Å². The summed E-state index contributed by atoms with van der Waals surface area (Å²) in [5.74, 6) is 0.697. The monoisotopic (exact) mass is 242 g/mol. The van der Waals surface area contributed by atoms with E-state index in [1.54, 1.807) is 19.2 Å². The van der Waals surface area contributed by atoms with Crippen LogP contribution in [-0.4, -0.2) is 17.1 Å². The van der Waals surface area contributed by atoms with Gasteiger partial charge in [-0.25, -0.2) is 4.79 Å². The van der Waals surface area contributed by atoms with Crippen molar-refractivity contribution in [3.05, 3.63) is 27.1 Å². The average Bonchev–Trinajstić information content (AvgIpc) is 2.47. The molecule has 0 radical (unpaired) electrons. The van der Waals surface area contributed by atoms with Crippen molar-refractivity contribution >= 4 is 27.0 Å². The van der Waals surface area contributed by atoms with E-state index in [-0.39, 0.29) is 5.69 Å². The number of fused-ring (bicyclic) bond motifs is 1. The standard InChI is InChI=1S/C8H7BrN2O2/c1-13-5-3-2-4-7(6(5)9)11-8(12)10-4/h2-3H,1H3,(H2,10,11,12). The first-order chi connectivity index (χ1) is 6.22. The predicted molar refractivity (Wildman–Crippen MR) is 53.2 cm³/mol. The van der Waals surface area contributed by atoms with Gasteiger partial charge in [0.1, 0.15) is 5.75 Å². The van der Waals surface area contributed by atoms with Crippen LogP contribution in [-0.2, 0) is 0 Å². The second-order valence-electron chi connectivity index (χ2n) is 2.58. The third-order valence-electron chi connectivity index (χ3n) is 1.81. The maximum atomic E-state index is 11.0. The normalized spacial score (nSPS) is 10.6. The van der Waals surface area contributed by atoms with Crippen molar-refractivity contribution in [1.82, 2.24) is 9.97 Å². The van der Waals surface area contributed by atoms with Crippen molar-refractivity contribution in [3.63, 3.8) is 0 Å². The second kappa shape index (κ2) is 2.92. The van der Waals surface area contributed by atoms with Gasteiger partial charge in [0.2, 0.25) is 0 Å². The number of rotatable bonds is 1. The predicted octanol–water partition coefficient (Wildman–Crippen LogP) is 1.63. The maximum absolute atomic E-state index is 11.0. The van der Waals surface area contributed by atoms with Gasteiger partial charge < -0.3 is 14.7 Å². The van der Waals surface area contributed by atoms with E-state index in [9.17, 15) is 4.79 Å². The molecule has 68 valence electrons. The number of benzene rings is 1. The minimum absolute atomic E-state index is 0.219. The van der Waals surface area contributed by atoms with Crippen molar-refractivity contribution in [2.45, 2.75) is 0 Å². The van der Waals surface area contributed by atoms with Gasteiger partial charge in [-0.05, 0) is 28.1 Å². The van der Waals surface area contributed by atoms with Crippen LogP contribution in [0.3, 0.4) is 0 Å². The number of H-pyrrole nitrogens is 2. The molecule has 0 unspecified atom stereocenters. The van der Waals surface area contributed by atoms with E-state index in [0.29, 0.717) is 5.75 Å². The first kappa shape index (κ1) is 8.37. The minimum atomic E-state index is -0.219. The molecule has 0 aliphatic heterocycles. The Morgan fingerprint density at radius 1 is 1.38 bits per heavy atom. The molecule has 2 aromatic rings. The van der Waals surface area contributed by atoms with E-state index < -0.39 is 0 Å². The third-order valence-corrected chi connectivity index (χ3v) is 2.60. The number of halogens is 1. The molecular formula is C8H7BrN2O2. The lowest BCUT2D eigenvalue weighted by atomic mass is 10.3. The fraction of sp³-hybridized carbons (Fsp3) is 0.125. The molecule has 2 N–H and O–H groups in total. The van der Waals surface area contributed by atoms with Gasteiger partial charge in [0.05, 0.1) is 22.6 Å². The summed E-state index contributed by atoms with van der Waals surface area (Å²) < 4.78 is 5.83. The highest BCUT2D eigenvalue weighted by molar-refractivity contribution is 9.10. The van der Waals surface area contributed by atoms with Crippen LogP contribution in [0.15, 0.2) is 21.4 Å². The number of methoxy groups -OCH3 is 1. The smallest absolute Gasteiger partial charge is 0.323 e. The first-order valence-electron chi connectivity index (χ1n) is 3.67. The molecule has 0 amide bonds. The fourth-order valence-electron chi connectivity index (χ4n) is 1.21. The van der Waals surface area contributed by atoms with E-state index in [1.165, 1.54) is 0 Å². The molecule has 0 bridgehead atoms. The van der Waals surface area contributed by atoms with E-state index in [4.69, 9.17) is 4.74 Å². The van der Waals surface area contributed by atoms with Crippen LogP contribution < -0.4 is 10.4 Å². The Hall–Kier alpha value is -1.23. The SMILES string of the molecule is COc1ccc2[nH]c(=O)[nH]c2c1Br. The number of ether oxygens (including phenoxy) is 1. The van der Waals surface area contributed by atoms with Gasteiger partial charge in [0.15, 0.2) is 0 Å². The summed E-state index contributed by atoms with van der Waals surface area (Å²) in [6.07, 6.45) is 0. The van der Waals surface area contributed by atoms with Gasteiger partial charge in [-0.15, -0.1) is 0 Å². The first-order valence-corrected chi connectivity index (χ1v) is 4.46. The summed E-state index contributed by atoms with van der Waals surface area (Å²) in [5.41, 5.74) is 1.27. The molecule has 0 atom stereocenters. The molecule has 0 saturated carbocycles. The summed E-state index contributed by atoms with van der Waals surface area (Å²) in [4.78, 5) is 16.3. The number of aromatic amines is 2. The lowest BCUT2D eigenvalue weighted by Gasteiger charge is -2.02. The molecule has 0 aliphatic rings. The Kier molecular flexibility index (Phi) is 1.88. The highest BCUT2D eigenvalue weighted by Crippen LogP contribution is 2.30. The van der Waals surface area contributed by atoms with Crippen molar-refractivity contribution in [2.24, 2.45) is 0 Å². The zero-order chi connectivity index (χ0) is 9.42. The molecular weight excluding hydrogens is 236 g/mol. The van der Waals surface area contributed by atoms with Gasteiger partial charge in [0, 0.05) is 0 Å². The Bertz CT molecular complexity index is 500. The maximum Gasteiger partial charge on any atom is 0.323 e. The molecule has 0 aliphatic carbocycles. The topological polar surface area (TPSA) is 57.9 Å². The summed E-state index contributed by atoms with van der Waals surface area (Å²) >= 11 is 3.34. The zero-order valence-corrected chi connectivity index (χ0v) is 8.44. The summed E-state index contributed by atoms with van der Waals surface area (Å²) in [6.45, 7) is 0. The Labute approximate surface area is 82.0 Å². The average molecular weight is 243 g/mol. The van der Waals surface area contributed by atoms with Crippen LogP contribution >= 0.6 is 15.9 Å². The van der Waals surface area contributed by atoms with Crippen LogP contribution in [0.25, 0.3) is 11.0 Å². The highest BCUT2D eigenvalue weighted by atomic mass is 79.9. The second-order valence-corrected chi connectivity index (χ2v) is 3.38. The van der Waals surface area contributed by atoms with Crippen molar-refractivity contribution in [2.75, 3.05) is 7.11 Å². The minimum Gasteiger partial charge on any atom is -0.495 e. The molecule has 1 heterocycles. The summed E-state index contributed by atoms with van der Waals surface area (Å²) in [6, 6.07) is 3.58. The third kappa shape index (κ3) is 1.25. The fourth-order valence-corrected chi connectivity index (χ4v) is 1.81. The van der Waals surface area contributed by atoms with Gasteiger partial charge >= 0.3 is 5.69 Å². The Morgan fingerprint density at radius 3 is 2.85 bits per heavy atom. The number of aromatic nitrogens is 2. The lowest BCUT2D eigenvalue weighted by molar-refractivity contribution is 0.413. The summed E-state index contributed by atoms with van der Waals surface area (Å²) in [7, 11) is 1.58. The molecule has 13 heavy (non-hydrogen) atoms. The molecule has 2 rings (SSSR count). The summed E-state index contributed by atoms with van der Waals surface area (Å²) in [5, 5.41) is 0. The van der Waals surface area contributed by atoms with Crippen molar-refractivity contribution in [3.8, 4) is 5.75 Å². The van der Waals surface area contributed by atoms with E-state index in [2.05, 4.69) is 25.9 Å². The van der Waals surface area contributed by atoms with Gasteiger partial charge in [-0.2, -0.15) is 0 Å². The Morgan fingerprint density at radius 2 is 2.15 bits per heavy atom. The molecule has 5 heteroatoms. The van der Waals surface area contributed by atoms with Gasteiger partial charge in [-0.1, -0.05) is 0 Å². The lowest BCUT2D eigenvalue weighted by Crippen LogP contribution is -1.99. The van der Waals surface area contributed by atoms with Crippen LogP contribution in [0.2, 0.25) is 0 Å². The molecule has 4 nitrogen and oxygen atoms in total. The van der Waals surface area contributed by atoms with Crippen molar-refractivity contribution in [1.29, 1.82) is 0 Å². The molecule has 0 fully saturated rings. The van der Waals surface area contributed by atoms with Gasteiger partial charge in [0.25, 0.3) is 0 Å². The van der Waals surface area contributed by atoms with Crippen LogP contribution in [0, 0.1) is 0 Å². The van der Waals surface area contributed by atoms with Gasteiger partial charge in [-0.3, -0.25) is 0 Å². The number of hydrogen-bond acceptors (Lipinski definition) is 2. The zero-order valence-electron chi connectivity index (χ0n) is 6.85. The number of hydrogen-bond donors (Lipinski definition) is 2. The van der Waals surface area contributed by atoms with Crippen LogP contribution in [0.1, 0.15) is 0 Å². The van der Waals surface area contributed by atoms with Crippen molar-refractivity contribution < 1.29 is 4.74 Å². The molecule has 1 aromatic carbocycles. The molecule has 0 spiro atoms. The van der Waals surface area contributed by atoms with E-state index in [1.807, 2.05) is 0 Å². The quantitative estimate of drug-likeness (QED) is 0.799. The highest BCUT2D eigenvalue weighted by Gasteiger charge is 2.07. The number of nitrogens with one attached hydrogen (secondary N) is 2. The van der Waals surface area contributed by atoms with E-state index >= 15 is 0 Å². The molecule has 1 aromatic heterocycles. The van der Waals surface area contributed by atoms with Crippen LogP contribution in [0.4, 0.5) is 0 Å². The number of imidazole rings is 1. The van der Waals surface area contributed by atoms with Crippen LogP contribution in [0.5, 0.6) is 5.75 Å². The molecule has 0 saturated heterocycles. The largest absolute Gasteiger partial charge is 0.495 e.